The van der Waals surface area contributed by atoms with E-state index in [0.29, 0.717) is 5.92 Å². The molecule has 1 N–H and O–H groups in total. The Morgan fingerprint density at radius 1 is 0.962 bits per heavy atom. The highest BCUT2D eigenvalue weighted by atomic mass is 32.2. The maximum absolute atomic E-state index is 12.7. The van der Waals surface area contributed by atoms with Gasteiger partial charge in [0.2, 0.25) is 5.91 Å². The van der Waals surface area contributed by atoms with Crippen molar-refractivity contribution in [1.82, 2.24) is 0 Å². The van der Waals surface area contributed by atoms with Gasteiger partial charge in [-0.3, -0.25) is 4.79 Å². The summed E-state index contributed by atoms with van der Waals surface area (Å²) in [4.78, 5) is 13.8. The van der Waals surface area contributed by atoms with E-state index in [1.165, 1.54) is 16.3 Å². The Kier molecular flexibility index (Phi) is 6.00. The average molecular weight is 364 g/mol. The SMILES string of the molecule is CC[C@H](C)c1ccccc1NC(=O)[C@H](C)Sc1ccc2ccccc2c1. The maximum atomic E-state index is 12.7. The highest BCUT2D eigenvalue weighted by Gasteiger charge is 2.17. The standard InChI is InChI=1S/C23H25NOS/c1-4-16(2)21-11-7-8-12-22(21)24-23(25)17(3)26-20-14-13-18-9-5-6-10-19(18)15-20/h5-17H,4H2,1-3H3,(H,24,25)/t16-,17-/m0/s1. The number of hydrogen-bond acceptors (Lipinski definition) is 2. The van der Waals surface area contributed by atoms with Crippen LogP contribution in [0.3, 0.4) is 0 Å². The molecule has 3 rings (SSSR count). The largest absolute Gasteiger partial charge is 0.325 e. The number of anilines is 1. The third-order valence-electron chi connectivity index (χ3n) is 4.76. The first-order valence-corrected chi connectivity index (χ1v) is 10.0. The van der Waals surface area contributed by atoms with E-state index in [1.54, 1.807) is 11.8 Å². The van der Waals surface area contributed by atoms with E-state index in [2.05, 4.69) is 55.6 Å². The quantitative estimate of drug-likeness (QED) is 0.508. The van der Waals surface area contributed by atoms with E-state index >= 15 is 0 Å². The van der Waals surface area contributed by atoms with Gasteiger partial charge in [-0.2, -0.15) is 0 Å². The number of carbonyl (C=O) groups is 1. The molecule has 26 heavy (non-hydrogen) atoms. The van der Waals surface area contributed by atoms with E-state index in [9.17, 15) is 4.79 Å². The minimum atomic E-state index is -0.166. The Bertz CT molecular complexity index is 905. The van der Waals surface area contributed by atoms with E-state index in [-0.39, 0.29) is 11.2 Å². The van der Waals surface area contributed by atoms with Crippen molar-refractivity contribution in [2.24, 2.45) is 0 Å². The van der Waals surface area contributed by atoms with Crippen molar-refractivity contribution in [3.8, 4) is 0 Å². The molecule has 0 spiro atoms. The van der Waals surface area contributed by atoms with Crippen molar-refractivity contribution in [3.05, 3.63) is 72.3 Å². The van der Waals surface area contributed by atoms with Crippen molar-refractivity contribution in [3.63, 3.8) is 0 Å². The summed E-state index contributed by atoms with van der Waals surface area (Å²) in [6.07, 6.45) is 1.05. The van der Waals surface area contributed by atoms with Crippen LogP contribution in [0.25, 0.3) is 10.8 Å². The molecular weight excluding hydrogens is 338 g/mol. The van der Waals surface area contributed by atoms with Gasteiger partial charge in [0, 0.05) is 10.6 Å². The zero-order valence-electron chi connectivity index (χ0n) is 15.5. The Morgan fingerprint density at radius 2 is 1.65 bits per heavy atom. The van der Waals surface area contributed by atoms with Crippen LogP contribution in [0.1, 0.15) is 38.7 Å². The van der Waals surface area contributed by atoms with Gasteiger partial charge in [-0.15, -0.1) is 11.8 Å². The molecule has 0 saturated heterocycles. The summed E-state index contributed by atoms with van der Waals surface area (Å²) >= 11 is 1.59. The third-order valence-corrected chi connectivity index (χ3v) is 5.86. The van der Waals surface area contributed by atoms with Gasteiger partial charge in [0.15, 0.2) is 0 Å². The first kappa shape index (κ1) is 18.5. The van der Waals surface area contributed by atoms with Gasteiger partial charge in [0.25, 0.3) is 0 Å². The van der Waals surface area contributed by atoms with Crippen molar-refractivity contribution in [1.29, 1.82) is 0 Å². The van der Waals surface area contributed by atoms with Crippen LogP contribution in [0.5, 0.6) is 0 Å². The Hall–Kier alpha value is -2.26. The maximum Gasteiger partial charge on any atom is 0.237 e. The van der Waals surface area contributed by atoms with Crippen LogP contribution in [-0.4, -0.2) is 11.2 Å². The lowest BCUT2D eigenvalue weighted by Gasteiger charge is -2.18. The molecule has 2 nitrogen and oxygen atoms in total. The second-order valence-corrected chi connectivity index (χ2v) is 8.07. The fraction of sp³-hybridized carbons (Fsp3) is 0.261. The third kappa shape index (κ3) is 4.28. The van der Waals surface area contributed by atoms with Gasteiger partial charge >= 0.3 is 0 Å². The summed E-state index contributed by atoms with van der Waals surface area (Å²) in [6, 6.07) is 22.7. The molecule has 0 bridgehead atoms. The van der Waals surface area contributed by atoms with Crippen LogP contribution >= 0.6 is 11.8 Å². The van der Waals surface area contributed by atoms with Crippen LogP contribution in [0.2, 0.25) is 0 Å². The van der Waals surface area contributed by atoms with Gasteiger partial charge < -0.3 is 5.32 Å². The second-order valence-electron chi connectivity index (χ2n) is 6.65. The van der Waals surface area contributed by atoms with Crippen molar-refractivity contribution in [2.75, 3.05) is 5.32 Å². The number of fused-ring (bicyclic) bond motifs is 1. The van der Waals surface area contributed by atoms with Gasteiger partial charge in [0.05, 0.1) is 5.25 Å². The molecule has 0 aliphatic heterocycles. The summed E-state index contributed by atoms with van der Waals surface area (Å²) in [6.45, 7) is 6.32. The summed E-state index contributed by atoms with van der Waals surface area (Å²) in [5, 5.41) is 5.38. The lowest BCUT2D eigenvalue weighted by atomic mass is 9.97. The number of rotatable bonds is 6. The molecule has 0 aromatic heterocycles. The van der Waals surface area contributed by atoms with Gasteiger partial charge in [0.1, 0.15) is 0 Å². The highest BCUT2D eigenvalue weighted by molar-refractivity contribution is 8.00. The average Bonchev–Trinajstić information content (AvgIpc) is 2.67. The predicted octanol–water partition coefficient (Wildman–Crippen LogP) is 6.47. The van der Waals surface area contributed by atoms with Crippen LogP contribution in [0, 0.1) is 0 Å². The summed E-state index contributed by atoms with van der Waals surface area (Å²) in [7, 11) is 0. The lowest BCUT2D eigenvalue weighted by Crippen LogP contribution is -2.23. The van der Waals surface area contributed by atoms with Gasteiger partial charge in [-0.05, 0) is 53.8 Å². The minimum absolute atomic E-state index is 0.0407. The zero-order valence-corrected chi connectivity index (χ0v) is 16.3. The van der Waals surface area contributed by atoms with Gasteiger partial charge in [-0.1, -0.05) is 62.4 Å². The van der Waals surface area contributed by atoms with Crippen LogP contribution in [0.4, 0.5) is 5.69 Å². The summed E-state index contributed by atoms with van der Waals surface area (Å²) in [5.74, 6) is 0.467. The second kappa shape index (κ2) is 8.41. The minimum Gasteiger partial charge on any atom is -0.325 e. The molecule has 134 valence electrons. The van der Waals surface area contributed by atoms with E-state index in [1.807, 2.05) is 37.3 Å². The lowest BCUT2D eigenvalue weighted by molar-refractivity contribution is -0.115. The number of thioether (sulfide) groups is 1. The monoisotopic (exact) mass is 363 g/mol. The molecule has 0 aliphatic rings. The number of para-hydroxylation sites is 1. The number of carbonyl (C=O) groups excluding carboxylic acids is 1. The van der Waals surface area contributed by atoms with Crippen LogP contribution in [0.15, 0.2) is 71.6 Å². The Balaban J connectivity index is 1.71. The topological polar surface area (TPSA) is 29.1 Å². The molecule has 0 unspecified atom stereocenters. The van der Waals surface area contributed by atoms with Crippen LogP contribution in [-0.2, 0) is 4.79 Å². The molecule has 3 heteroatoms. The first-order chi connectivity index (χ1) is 12.6. The van der Waals surface area contributed by atoms with Gasteiger partial charge in [-0.25, -0.2) is 0 Å². The fourth-order valence-electron chi connectivity index (χ4n) is 2.99. The highest BCUT2D eigenvalue weighted by Crippen LogP contribution is 2.30. The van der Waals surface area contributed by atoms with E-state index < -0.39 is 0 Å². The Morgan fingerprint density at radius 3 is 2.42 bits per heavy atom. The predicted molar refractivity (Wildman–Crippen MR) is 113 cm³/mol. The number of amides is 1. The molecule has 0 radical (unpaired) electrons. The molecule has 2 atom stereocenters. The van der Waals surface area contributed by atoms with Crippen molar-refractivity contribution < 1.29 is 4.79 Å². The number of hydrogen-bond donors (Lipinski definition) is 1. The molecule has 3 aromatic rings. The smallest absolute Gasteiger partial charge is 0.237 e. The van der Waals surface area contributed by atoms with E-state index in [0.717, 1.165) is 17.0 Å². The van der Waals surface area contributed by atoms with Crippen molar-refractivity contribution >= 4 is 34.1 Å². The molecular formula is C23H25NOS. The first-order valence-electron chi connectivity index (χ1n) is 9.13. The van der Waals surface area contributed by atoms with E-state index in [4.69, 9.17) is 0 Å². The fourth-order valence-corrected chi connectivity index (χ4v) is 3.91. The van der Waals surface area contributed by atoms with Crippen LogP contribution < -0.4 is 5.32 Å². The molecule has 0 fully saturated rings. The summed E-state index contributed by atoms with van der Waals surface area (Å²) in [5.41, 5.74) is 2.13. The van der Waals surface area contributed by atoms with Crippen molar-refractivity contribution in [2.45, 2.75) is 43.3 Å². The zero-order chi connectivity index (χ0) is 18.5. The molecule has 0 heterocycles. The number of nitrogens with one attached hydrogen (secondary N) is 1. The summed E-state index contributed by atoms with van der Waals surface area (Å²) < 4.78 is 0. The molecule has 1 amide bonds. The molecule has 0 aliphatic carbocycles. The number of benzene rings is 3. The molecule has 0 saturated carbocycles. The molecule has 3 aromatic carbocycles. The Labute approximate surface area is 160 Å². The normalized spacial score (nSPS) is 13.3.